The second-order valence-electron chi connectivity index (χ2n) is 4.47. The van der Waals surface area contributed by atoms with Gasteiger partial charge >= 0.3 is 0 Å². The van der Waals surface area contributed by atoms with E-state index in [1.807, 2.05) is 17.8 Å². The van der Waals surface area contributed by atoms with Crippen molar-refractivity contribution < 1.29 is 9.47 Å². The lowest BCUT2D eigenvalue weighted by atomic mass is 10.1. The highest BCUT2D eigenvalue weighted by Gasteiger charge is 2.14. The molecule has 5 heteroatoms. The molecule has 1 unspecified atom stereocenters. The Labute approximate surface area is 116 Å². The number of thiazole rings is 1. The van der Waals surface area contributed by atoms with Crippen LogP contribution in [0.5, 0.6) is 11.5 Å². The molecular formula is C14H16N2O2S. The van der Waals surface area contributed by atoms with E-state index in [1.54, 1.807) is 11.3 Å². The first-order valence-corrected chi connectivity index (χ1v) is 7.21. The number of aromatic nitrogens is 1. The van der Waals surface area contributed by atoms with Gasteiger partial charge in [-0.2, -0.15) is 0 Å². The predicted octanol–water partition coefficient (Wildman–Crippen LogP) is 2.77. The molecule has 1 aliphatic rings. The number of hydrogen-bond acceptors (Lipinski definition) is 5. The molecule has 0 radical (unpaired) electrons. The minimum Gasteiger partial charge on any atom is -0.486 e. The van der Waals surface area contributed by atoms with Gasteiger partial charge in [0.25, 0.3) is 0 Å². The molecule has 4 nitrogen and oxygen atoms in total. The third-order valence-corrected chi connectivity index (χ3v) is 3.91. The van der Waals surface area contributed by atoms with Crippen LogP contribution in [0.1, 0.15) is 23.4 Å². The second-order valence-corrected chi connectivity index (χ2v) is 5.44. The second kappa shape index (κ2) is 5.59. The van der Waals surface area contributed by atoms with Crippen LogP contribution in [0.3, 0.4) is 0 Å². The number of nitrogens with zero attached hydrogens (tertiary/aromatic N) is 1. The summed E-state index contributed by atoms with van der Waals surface area (Å²) in [5, 5.41) is 3.48. The number of ether oxygens (including phenoxy) is 2. The minimum atomic E-state index is 0.262. The molecule has 0 saturated carbocycles. The first kappa shape index (κ1) is 12.4. The highest BCUT2D eigenvalue weighted by molar-refractivity contribution is 7.09. The molecule has 0 bridgehead atoms. The SMILES string of the molecule is CC(NCc1cncs1)c1ccc2c(c1)OCCO2. The number of nitrogens with one attached hydrogen (secondary N) is 1. The van der Waals surface area contributed by atoms with E-state index in [0.29, 0.717) is 13.2 Å². The van der Waals surface area contributed by atoms with E-state index in [4.69, 9.17) is 9.47 Å². The summed E-state index contributed by atoms with van der Waals surface area (Å²) in [6.07, 6.45) is 1.90. The Hall–Kier alpha value is -1.59. The van der Waals surface area contributed by atoms with E-state index < -0.39 is 0 Å². The van der Waals surface area contributed by atoms with Gasteiger partial charge in [-0.1, -0.05) is 6.07 Å². The Morgan fingerprint density at radius 3 is 2.95 bits per heavy atom. The summed E-state index contributed by atoms with van der Waals surface area (Å²) in [4.78, 5) is 5.31. The normalized spacial score (nSPS) is 15.2. The molecule has 0 amide bonds. The fourth-order valence-electron chi connectivity index (χ4n) is 2.03. The highest BCUT2D eigenvalue weighted by Crippen LogP contribution is 2.32. The standard InChI is InChI=1S/C14H16N2O2S/c1-10(16-8-12-7-15-9-19-12)11-2-3-13-14(6-11)18-5-4-17-13/h2-3,6-7,9-10,16H,4-5,8H2,1H3. The van der Waals surface area contributed by atoms with Crippen molar-refractivity contribution in [2.45, 2.75) is 19.5 Å². The summed E-state index contributed by atoms with van der Waals surface area (Å²) in [6, 6.07) is 6.38. The van der Waals surface area contributed by atoms with Crippen LogP contribution in [-0.4, -0.2) is 18.2 Å². The molecule has 1 aromatic heterocycles. The Kier molecular flexibility index (Phi) is 3.66. The summed E-state index contributed by atoms with van der Waals surface area (Å²) in [7, 11) is 0. The van der Waals surface area contributed by atoms with Gasteiger partial charge in [0.1, 0.15) is 13.2 Å². The Bertz CT molecular complexity index is 542. The summed E-state index contributed by atoms with van der Waals surface area (Å²) in [5.74, 6) is 1.68. The molecule has 0 saturated heterocycles. The summed E-state index contributed by atoms with van der Waals surface area (Å²) in [6.45, 7) is 4.23. The van der Waals surface area contributed by atoms with Crippen molar-refractivity contribution in [3.63, 3.8) is 0 Å². The molecule has 1 aliphatic heterocycles. The highest BCUT2D eigenvalue weighted by atomic mass is 32.1. The lowest BCUT2D eigenvalue weighted by Gasteiger charge is -2.21. The quantitative estimate of drug-likeness (QED) is 0.932. The van der Waals surface area contributed by atoms with Crippen molar-refractivity contribution in [3.05, 3.63) is 40.3 Å². The van der Waals surface area contributed by atoms with Crippen LogP contribution < -0.4 is 14.8 Å². The molecule has 2 aromatic rings. The zero-order valence-corrected chi connectivity index (χ0v) is 11.6. The van der Waals surface area contributed by atoms with E-state index in [2.05, 4.69) is 29.4 Å². The zero-order chi connectivity index (χ0) is 13.1. The maximum absolute atomic E-state index is 5.60. The molecule has 3 rings (SSSR count). The van der Waals surface area contributed by atoms with Gasteiger partial charge in [-0.25, -0.2) is 0 Å². The fourth-order valence-corrected chi connectivity index (χ4v) is 2.58. The van der Waals surface area contributed by atoms with Crippen molar-refractivity contribution in [1.82, 2.24) is 10.3 Å². The molecule has 100 valence electrons. The summed E-state index contributed by atoms with van der Waals surface area (Å²) in [5.41, 5.74) is 3.06. The molecule has 1 atom stereocenters. The molecule has 1 N–H and O–H groups in total. The largest absolute Gasteiger partial charge is 0.486 e. The van der Waals surface area contributed by atoms with Gasteiger partial charge in [-0.15, -0.1) is 11.3 Å². The summed E-state index contributed by atoms with van der Waals surface area (Å²) >= 11 is 1.66. The molecule has 0 spiro atoms. The van der Waals surface area contributed by atoms with E-state index in [1.165, 1.54) is 10.4 Å². The fraction of sp³-hybridized carbons (Fsp3) is 0.357. The van der Waals surface area contributed by atoms with Gasteiger partial charge < -0.3 is 14.8 Å². The lowest BCUT2D eigenvalue weighted by Crippen LogP contribution is -2.19. The first-order valence-electron chi connectivity index (χ1n) is 6.33. The summed E-state index contributed by atoms with van der Waals surface area (Å²) < 4.78 is 11.1. The number of rotatable bonds is 4. The number of hydrogen-bond donors (Lipinski definition) is 1. The van der Waals surface area contributed by atoms with Crippen molar-refractivity contribution in [2.24, 2.45) is 0 Å². The van der Waals surface area contributed by atoms with Crippen molar-refractivity contribution in [2.75, 3.05) is 13.2 Å². The van der Waals surface area contributed by atoms with E-state index in [9.17, 15) is 0 Å². The van der Waals surface area contributed by atoms with Crippen molar-refractivity contribution in [1.29, 1.82) is 0 Å². The maximum Gasteiger partial charge on any atom is 0.161 e. The van der Waals surface area contributed by atoms with Crippen LogP contribution >= 0.6 is 11.3 Å². The number of benzene rings is 1. The van der Waals surface area contributed by atoms with Gasteiger partial charge in [-0.3, -0.25) is 4.98 Å². The first-order chi connectivity index (χ1) is 9.33. The molecular weight excluding hydrogens is 260 g/mol. The van der Waals surface area contributed by atoms with E-state index in [0.717, 1.165) is 18.0 Å². The van der Waals surface area contributed by atoms with Crippen LogP contribution in [-0.2, 0) is 6.54 Å². The molecule has 0 fully saturated rings. The van der Waals surface area contributed by atoms with Gasteiger partial charge in [0.05, 0.1) is 5.51 Å². The maximum atomic E-state index is 5.60. The third kappa shape index (κ3) is 2.88. The van der Waals surface area contributed by atoms with E-state index >= 15 is 0 Å². The van der Waals surface area contributed by atoms with Crippen LogP contribution in [0.2, 0.25) is 0 Å². The topological polar surface area (TPSA) is 43.4 Å². The Morgan fingerprint density at radius 2 is 2.16 bits per heavy atom. The zero-order valence-electron chi connectivity index (χ0n) is 10.8. The number of fused-ring (bicyclic) bond motifs is 1. The molecule has 2 heterocycles. The van der Waals surface area contributed by atoms with Crippen molar-refractivity contribution in [3.8, 4) is 11.5 Å². The molecule has 1 aromatic carbocycles. The van der Waals surface area contributed by atoms with Crippen LogP contribution in [0.25, 0.3) is 0 Å². The van der Waals surface area contributed by atoms with Crippen LogP contribution in [0.4, 0.5) is 0 Å². The lowest BCUT2D eigenvalue weighted by molar-refractivity contribution is 0.171. The van der Waals surface area contributed by atoms with Crippen LogP contribution in [0, 0.1) is 0 Å². The third-order valence-electron chi connectivity index (χ3n) is 3.13. The van der Waals surface area contributed by atoms with Crippen molar-refractivity contribution >= 4 is 11.3 Å². The monoisotopic (exact) mass is 276 g/mol. The average Bonchev–Trinajstić information content (AvgIpc) is 2.97. The minimum absolute atomic E-state index is 0.262. The smallest absolute Gasteiger partial charge is 0.161 e. The van der Waals surface area contributed by atoms with E-state index in [-0.39, 0.29) is 6.04 Å². The predicted molar refractivity (Wildman–Crippen MR) is 74.8 cm³/mol. The Balaban J connectivity index is 1.67. The van der Waals surface area contributed by atoms with Gasteiger partial charge in [0, 0.05) is 23.7 Å². The van der Waals surface area contributed by atoms with Crippen LogP contribution in [0.15, 0.2) is 29.9 Å². The van der Waals surface area contributed by atoms with Gasteiger partial charge in [-0.05, 0) is 24.6 Å². The Morgan fingerprint density at radius 1 is 1.32 bits per heavy atom. The van der Waals surface area contributed by atoms with Gasteiger partial charge in [0.15, 0.2) is 11.5 Å². The average molecular weight is 276 g/mol. The molecule has 19 heavy (non-hydrogen) atoms. The van der Waals surface area contributed by atoms with Gasteiger partial charge in [0.2, 0.25) is 0 Å². The molecule has 0 aliphatic carbocycles.